The van der Waals surface area contributed by atoms with Gasteiger partial charge in [0.2, 0.25) is 0 Å². The Bertz CT molecular complexity index is 93.0. The number of carbonyl (C=O) groups is 1. The van der Waals surface area contributed by atoms with E-state index in [1.165, 1.54) is 0 Å². The van der Waals surface area contributed by atoms with Gasteiger partial charge in [-0.1, -0.05) is 0 Å². The lowest BCUT2D eigenvalue weighted by Gasteiger charge is -2.02. The van der Waals surface area contributed by atoms with E-state index < -0.39 is 6.03 Å². The third-order valence-electron chi connectivity index (χ3n) is 0.861. The molecule has 0 aromatic rings. The Balaban J connectivity index is 3.01. The Morgan fingerprint density at radius 2 is 2.44 bits per heavy atom. The van der Waals surface area contributed by atoms with E-state index in [4.69, 9.17) is 10.8 Å². The van der Waals surface area contributed by atoms with Crippen LogP contribution in [0.15, 0.2) is 0 Å². The third-order valence-corrected chi connectivity index (χ3v) is 0.861. The minimum Gasteiger partial charge on any atom is -0.393 e. The lowest BCUT2D eigenvalue weighted by molar-refractivity contribution is 0.184. The van der Waals surface area contributed by atoms with Gasteiger partial charge in [0, 0.05) is 6.54 Å². The minimum atomic E-state index is -0.546. The molecule has 0 bridgehead atoms. The topological polar surface area (TPSA) is 75.3 Å². The van der Waals surface area contributed by atoms with Gasteiger partial charge in [0.1, 0.15) is 0 Å². The highest BCUT2D eigenvalue weighted by atomic mass is 16.3. The number of aliphatic hydroxyl groups is 1. The van der Waals surface area contributed by atoms with E-state index in [-0.39, 0.29) is 6.10 Å². The van der Waals surface area contributed by atoms with Gasteiger partial charge in [0.05, 0.1) is 6.10 Å². The van der Waals surface area contributed by atoms with Crippen LogP contribution >= 0.6 is 0 Å². The number of hydrogen-bond acceptors (Lipinski definition) is 2. The van der Waals surface area contributed by atoms with E-state index in [0.717, 1.165) is 0 Å². The molecule has 0 saturated heterocycles. The Kier molecular flexibility index (Phi) is 3.79. The molecule has 0 heterocycles. The van der Waals surface area contributed by atoms with Crippen LogP contribution < -0.4 is 11.1 Å². The summed E-state index contributed by atoms with van der Waals surface area (Å²) < 4.78 is 0. The van der Waals surface area contributed by atoms with Gasteiger partial charge in [-0.25, -0.2) is 4.79 Å². The zero-order valence-corrected chi connectivity index (χ0v) is 5.42. The molecule has 0 aliphatic heterocycles. The first-order valence-electron chi connectivity index (χ1n) is 2.84. The molecule has 0 spiro atoms. The highest BCUT2D eigenvalue weighted by Gasteiger charge is 1.94. The summed E-state index contributed by atoms with van der Waals surface area (Å²) in [4.78, 5) is 10.0. The number of carbonyl (C=O) groups excluding carboxylic acids is 1. The van der Waals surface area contributed by atoms with Crippen LogP contribution in [0.4, 0.5) is 4.79 Å². The predicted octanol–water partition coefficient (Wildman–Crippen LogP) is -0.574. The van der Waals surface area contributed by atoms with E-state index in [2.05, 4.69) is 5.32 Å². The molecule has 0 radical (unpaired) electrons. The van der Waals surface area contributed by atoms with Crippen LogP contribution in [0.1, 0.15) is 13.3 Å². The van der Waals surface area contributed by atoms with Crippen molar-refractivity contribution in [2.75, 3.05) is 6.54 Å². The quantitative estimate of drug-likeness (QED) is 0.480. The number of rotatable bonds is 3. The van der Waals surface area contributed by atoms with Crippen molar-refractivity contribution < 1.29 is 9.90 Å². The van der Waals surface area contributed by atoms with Gasteiger partial charge >= 0.3 is 6.03 Å². The first-order chi connectivity index (χ1) is 4.13. The summed E-state index contributed by atoms with van der Waals surface area (Å²) >= 11 is 0. The van der Waals surface area contributed by atoms with Gasteiger partial charge in [0.25, 0.3) is 0 Å². The molecule has 4 N–H and O–H groups in total. The summed E-state index contributed by atoms with van der Waals surface area (Å²) in [5.74, 6) is 0. The molecule has 0 aromatic carbocycles. The van der Waals surface area contributed by atoms with Gasteiger partial charge in [-0.15, -0.1) is 0 Å². The summed E-state index contributed by atoms with van der Waals surface area (Å²) in [5.41, 5.74) is 4.75. The number of amides is 2. The van der Waals surface area contributed by atoms with Crippen molar-refractivity contribution in [3.05, 3.63) is 0 Å². The fourth-order valence-corrected chi connectivity index (χ4v) is 0.404. The van der Waals surface area contributed by atoms with E-state index in [9.17, 15) is 4.79 Å². The molecular weight excluding hydrogens is 120 g/mol. The Morgan fingerprint density at radius 1 is 1.89 bits per heavy atom. The lowest BCUT2D eigenvalue weighted by Crippen LogP contribution is -2.31. The van der Waals surface area contributed by atoms with Gasteiger partial charge < -0.3 is 16.2 Å². The number of primary amides is 1. The monoisotopic (exact) mass is 132 g/mol. The zero-order valence-electron chi connectivity index (χ0n) is 5.42. The highest BCUT2D eigenvalue weighted by molar-refractivity contribution is 5.71. The Labute approximate surface area is 54.0 Å². The van der Waals surface area contributed by atoms with Crippen molar-refractivity contribution >= 4 is 6.03 Å². The lowest BCUT2D eigenvalue weighted by atomic mass is 10.3. The summed E-state index contributed by atoms with van der Waals surface area (Å²) in [6.45, 7) is 2.09. The van der Waals surface area contributed by atoms with Gasteiger partial charge in [-0.2, -0.15) is 0 Å². The van der Waals surface area contributed by atoms with Crippen molar-refractivity contribution in [1.82, 2.24) is 5.32 Å². The molecule has 54 valence electrons. The van der Waals surface area contributed by atoms with Crippen molar-refractivity contribution in [3.8, 4) is 0 Å². The van der Waals surface area contributed by atoms with Crippen LogP contribution in [0.25, 0.3) is 0 Å². The number of hydrogen-bond donors (Lipinski definition) is 3. The van der Waals surface area contributed by atoms with Gasteiger partial charge in [-0.05, 0) is 13.3 Å². The second-order valence-corrected chi connectivity index (χ2v) is 1.93. The molecule has 0 aliphatic rings. The predicted molar refractivity (Wildman–Crippen MR) is 33.9 cm³/mol. The van der Waals surface area contributed by atoms with E-state index in [1.54, 1.807) is 6.92 Å². The molecule has 9 heavy (non-hydrogen) atoms. The van der Waals surface area contributed by atoms with Crippen molar-refractivity contribution in [3.63, 3.8) is 0 Å². The van der Waals surface area contributed by atoms with Crippen LogP contribution in [0, 0.1) is 0 Å². The molecule has 1 unspecified atom stereocenters. The molecule has 0 aliphatic carbocycles. The van der Waals surface area contributed by atoms with Crippen LogP contribution in [0.2, 0.25) is 0 Å². The van der Waals surface area contributed by atoms with E-state index >= 15 is 0 Å². The summed E-state index contributed by atoms with van der Waals surface area (Å²) in [5, 5.41) is 11.0. The molecule has 0 rings (SSSR count). The summed E-state index contributed by atoms with van der Waals surface area (Å²) in [6.07, 6.45) is 0.167. The Hall–Kier alpha value is -0.770. The molecule has 2 amide bonds. The van der Waals surface area contributed by atoms with Crippen LogP contribution in [0.3, 0.4) is 0 Å². The summed E-state index contributed by atoms with van der Waals surface area (Å²) in [7, 11) is 0. The highest BCUT2D eigenvalue weighted by Crippen LogP contribution is 1.84. The second-order valence-electron chi connectivity index (χ2n) is 1.93. The largest absolute Gasteiger partial charge is 0.393 e. The first kappa shape index (κ1) is 8.23. The van der Waals surface area contributed by atoms with Crippen molar-refractivity contribution in [2.45, 2.75) is 19.4 Å². The molecular formula is C5H12N2O2. The standard InChI is InChI=1S/C5H12N2O2/c1-4(8)2-3-7-5(6)9/h4,8H,2-3H2,1H3,(H3,6,7,9). The molecule has 1 atom stereocenters. The fraction of sp³-hybridized carbons (Fsp3) is 0.800. The summed E-state index contributed by atoms with van der Waals surface area (Å²) in [6, 6.07) is -0.546. The first-order valence-corrected chi connectivity index (χ1v) is 2.84. The molecule has 0 fully saturated rings. The number of urea groups is 1. The minimum absolute atomic E-state index is 0.378. The maximum atomic E-state index is 10.0. The molecule has 0 saturated carbocycles. The molecule has 4 nitrogen and oxygen atoms in total. The molecule has 0 aromatic heterocycles. The second kappa shape index (κ2) is 4.14. The molecule has 4 heteroatoms. The average Bonchev–Trinajstić information content (AvgIpc) is 1.63. The van der Waals surface area contributed by atoms with Crippen molar-refractivity contribution in [2.24, 2.45) is 5.73 Å². The normalized spacial score (nSPS) is 12.7. The van der Waals surface area contributed by atoms with E-state index in [0.29, 0.717) is 13.0 Å². The van der Waals surface area contributed by atoms with Gasteiger partial charge in [-0.3, -0.25) is 0 Å². The third kappa shape index (κ3) is 7.23. The number of nitrogens with two attached hydrogens (primary N) is 1. The Morgan fingerprint density at radius 3 is 2.78 bits per heavy atom. The number of aliphatic hydroxyl groups excluding tert-OH is 1. The van der Waals surface area contributed by atoms with E-state index in [1.807, 2.05) is 0 Å². The maximum Gasteiger partial charge on any atom is 0.312 e. The SMILES string of the molecule is CC(O)CCNC(N)=O. The number of nitrogens with one attached hydrogen (secondary N) is 1. The van der Waals surface area contributed by atoms with Crippen LogP contribution in [-0.4, -0.2) is 23.8 Å². The van der Waals surface area contributed by atoms with Crippen molar-refractivity contribution in [1.29, 1.82) is 0 Å². The average molecular weight is 132 g/mol. The van der Waals surface area contributed by atoms with Crippen LogP contribution in [-0.2, 0) is 0 Å². The van der Waals surface area contributed by atoms with Crippen LogP contribution in [0.5, 0.6) is 0 Å². The maximum absolute atomic E-state index is 10.0. The smallest absolute Gasteiger partial charge is 0.312 e. The fourth-order valence-electron chi connectivity index (χ4n) is 0.404. The zero-order chi connectivity index (χ0) is 7.28. The van der Waals surface area contributed by atoms with Gasteiger partial charge in [0.15, 0.2) is 0 Å².